The smallest absolute Gasteiger partial charge is 0.306 e. The Morgan fingerprint density at radius 2 is 1.56 bits per heavy atom. The fraction of sp³-hybridized carbons (Fsp3) is 0.846. The Kier molecular flexibility index (Phi) is 6.23. The highest BCUT2D eigenvalue weighted by Crippen LogP contribution is 2.13. The molecule has 106 valence electrons. The van der Waals surface area contributed by atoms with E-state index in [9.17, 15) is 4.79 Å². The lowest BCUT2D eigenvalue weighted by molar-refractivity contribution is -0.154. The van der Waals surface area contributed by atoms with Crippen LogP contribution in [0.3, 0.4) is 0 Å². The maximum Gasteiger partial charge on any atom is 0.306 e. The largest absolute Gasteiger partial charge is 0.480 e. The Balaban J connectivity index is 4.07. The van der Waals surface area contributed by atoms with Crippen LogP contribution in [0.1, 0.15) is 54.4 Å². The number of carbonyl (C=O) groups is 1. The summed E-state index contributed by atoms with van der Waals surface area (Å²) in [6.07, 6.45) is 0.676. The molecule has 0 radical (unpaired) electrons. The molecule has 0 aliphatic heterocycles. The van der Waals surface area contributed by atoms with E-state index >= 15 is 0 Å². The van der Waals surface area contributed by atoms with Gasteiger partial charge in [-0.2, -0.15) is 0 Å². The zero-order valence-corrected chi connectivity index (χ0v) is 13.0. The average Bonchev–Trinajstić information content (AvgIpc) is 2.08. The van der Waals surface area contributed by atoms with Crippen LogP contribution in [-0.2, 0) is 14.3 Å². The van der Waals surface area contributed by atoms with Gasteiger partial charge < -0.3 is 15.2 Å². The van der Waals surface area contributed by atoms with Crippen LogP contribution in [0, 0.1) is 0 Å². The third-order valence-electron chi connectivity index (χ3n) is 1.79. The molecule has 0 aliphatic carbocycles. The number of hydrogen-bond donors (Lipinski definition) is 1. The summed E-state index contributed by atoms with van der Waals surface area (Å²) in [6.45, 7) is 11.2. The summed E-state index contributed by atoms with van der Waals surface area (Å²) in [5.74, 6) is -0.267. The summed E-state index contributed by atoms with van der Waals surface area (Å²) >= 11 is 5.09. The van der Waals surface area contributed by atoms with Gasteiger partial charge in [-0.3, -0.25) is 4.79 Å². The van der Waals surface area contributed by atoms with Gasteiger partial charge in [0.1, 0.15) is 11.2 Å². The molecule has 0 bridgehead atoms. The van der Waals surface area contributed by atoms with Crippen molar-refractivity contribution in [1.82, 2.24) is 0 Å². The summed E-state index contributed by atoms with van der Waals surface area (Å²) in [6, 6.07) is -0.424. The number of hydrogen-bond acceptors (Lipinski definition) is 5. The van der Waals surface area contributed by atoms with Crippen molar-refractivity contribution in [3.63, 3.8) is 0 Å². The third kappa shape index (κ3) is 9.36. The van der Waals surface area contributed by atoms with Gasteiger partial charge in [0.15, 0.2) is 5.05 Å². The van der Waals surface area contributed by atoms with Gasteiger partial charge in [0.2, 0.25) is 0 Å². The van der Waals surface area contributed by atoms with Crippen LogP contribution in [0.25, 0.3) is 0 Å². The number of nitrogens with two attached hydrogens (primary N) is 1. The molecule has 18 heavy (non-hydrogen) atoms. The minimum atomic E-state index is -0.469. The second-order valence-corrected chi connectivity index (χ2v) is 6.67. The van der Waals surface area contributed by atoms with Gasteiger partial charge in [0.05, 0.1) is 6.04 Å². The molecule has 5 heteroatoms. The fourth-order valence-corrected chi connectivity index (χ4v) is 1.53. The van der Waals surface area contributed by atoms with E-state index in [4.69, 9.17) is 27.4 Å². The van der Waals surface area contributed by atoms with E-state index in [1.165, 1.54) is 0 Å². The molecule has 0 heterocycles. The molecule has 0 fully saturated rings. The zero-order chi connectivity index (χ0) is 14.6. The Morgan fingerprint density at radius 3 is 1.94 bits per heavy atom. The molecule has 1 atom stereocenters. The molecule has 0 amide bonds. The second-order valence-electron chi connectivity index (χ2n) is 6.27. The van der Waals surface area contributed by atoms with Crippen LogP contribution < -0.4 is 5.73 Å². The molecule has 0 saturated heterocycles. The second kappa shape index (κ2) is 6.48. The topological polar surface area (TPSA) is 61.5 Å². The van der Waals surface area contributed by atoms with Crippen LogP contribution in [0.2, 0.25) is 0 Å². The molecule has 2 N–H and O–H groups in total. The lowest BCUT2D eigenvalue weighted by atomic mass is 10.1. The highest BCUT2D eigenvalue weighted by atomic mass is 32.1. The van der Waals surface area contributed by atoms with E-state index in [1.807, 2.05) is 41.5 Å². The minimum absolute atomic E-state index is 0.242. The summed E-state index contributed by atoms with van der Waals surface area (Å²) in [5, 5.41) is 0.339. The molecule has 0 aromatic rings. The van der Waals surface area contributed by atoms with Crippen molar-refractivity contribution in [3.05, 3.63) is 0 Å². The number of rotatable bonds is 4. The van der Waals surface area contributed by atoms with Gasteiger partial charge in [-0.25, -0.2) is 0 Å². The quantitative estimate of drug-likeness (QED) is 0.631. The van der Waals surface area contributed by atoms with E-state index in [0.29, 0.717) is 11.5 Å². The van der Waals surface area contributed by atoms with Gasteiger partial charge in [-0.1, -0.05) is 0 Å². The molecule has 0 rings (SSSR count). The summed E-state index contributed by atoms with van der Waals surface area (Å²) in [5.41, 5.74) is 5.03. The zero-order valence-electron chi connectivity index (χ0n) is 12.2. The van der Waals surface area contributed by atoms with Crippen LogP contribution >= 0.6 is 12.2 Å². The van der Waals surface area contributed by atoms with Crippen molar-refractivity contribution in [1.29, 1.82) is 0 Å². The van der Waals surface area contributed by atoms with E-state index in [-0.39, 0.29) is 18.0 Å². The van der Waals surface area contributed by atoms with Crippen molar-refractivity contribution in [2.24, 2.45) is 5.73 Å². The van der Waals surface area contributed by atoms with Crippen molar-refractivity contribution < 1.29 is 14.3 Å². The van der Waals surface area contributed by atoms with Gasteiger partial charge >= 0.3 is 5.97 Å². The van der Waals surface area contributed by atoms with Gasteiger partial charge in [0.25, 0.3) is 0 Å². The normalized spacial score (nSPS) is 13.9. The average molecular weight is 275 g/mol. The third-order valence-corrected chi connectivity index (χ3v) is 2.18. The van der Waals surface area contributed by atoms with Crippen molar-refractivity contribution in [3.8, 4) is 0 Å². The molecule has 0 saturated carbocycles. The van der Waals surface area contributed by atoms with Gasteiger partial charge in [0, 0.05) is 6.42 Å². The van der Waals surface area contributed by atoms with Crippen LogP contribution in [0.5, 0.6) is 0 Å². The maximum atomic E-state index is 11.5. The maximum absolute atomic E-state index is 11.5. The standard InChI is InChI=1S/C13H25NO3S/c1-12(2,3)16-10(15)8-7-9(14)11(18)17-13(4,5)6/h9H,7-8,14H2,1-6H3/t9-/m0/s1. The Bertz CT molecular complexity index is 302. The van der Waals surface area contributed by atoms with Crippen LogP contribution in [0.15, 0.2) is 0 Å². The van der Waals surface area contributed by atoms with Crippen LogP contribution in [-0.4, -0.2) is 28.3 Å². The molecule has 0 aromatic heterocycles. The van der Waals surface area contributed by atoms with E-state index < -0.39 is 11.6 Å². The Labute approximate surface area is 115 Å². The number of thiocarbonyl (C=S) groups is 1. The summed E-state index contributed by atoms with van der Waals surface area (Å²) in [7, 11) is 0. The Morgan fingerprint density at radius 1 is 1.11 bits per heavy atom. The first kappa shape index (κ1) is 17.3. The molecular formula is C13H25NO3S. The monoisotopic (exact) mass is 275 g/mol. The number of esters is 1. The lowest BCUT2D eigenvalue weighted by Gasteiger charge is -2.25. The summed E-state index contributed by atoms with van der Waals surface area (Å²) < 4.78 is 10.7. The van der Waals surface area contributed by atoms with E-state index in [2.05, 4.69) is 0 Å². The van der Waals surface area contributed by atoms with Gasteiger partial charge in [-0.05, 0) is 60.2 Å². The molecular weight excluding hydrogens is 250 g/mol. The van der Waals surface area contributed by atoms with Gasteiger partial charge in [-0.15, -0.1) is 0 Å². The predicted molar refractivity (Wildman–Crippen MR) is 76.5 cm³/mol. The summed E-state index contributed by atoms with van der Waals surface area (Å²) in [4.78, 5) is 11.5. The van der Waals surface area contributed by atoms with Crippen molar-refractivity contribution in [2.45, 2.75) is 71.6 Å². The fourth-order valence-electron chi connectivity index (χ4n) is 1.16. The first-order valence-corrected chi connectivity index (χ1v) is 6.52. The molecule has 0 aliphatic rings. The SMILES string of the molecule is CC(C)(C)OC(=O)CC[C@H](N)C(=S)OC(C)(C)C. The van der Waals surface area contributed by atoms with E-state index in [0.717, 1.165) is 0 Å². The molecule has 0 aromatic carbocycles. The Hall–Kier alpha value is -0.680. The number of ether oxygens (including phenoxy) is 2. The molecule has 0 spiro atoms. The van der Waals surface area contributed by atoms with Crippen LogP contribution in [0.4, 0.5) is 0 Å². The highest BCUT2D eigenvalue weighted by molar-refractivity contribution is 7.80. The first-order chi connectivity index (χ1) is 7.91. The minimum Gasteiger partial charge on any atom is -0.480 e. The van der Waals surface area contributed by atoms with Crippen molar-refractivity contribution in [2.75, 3.05) is 0 Å². The molecule has 4 nitrogen and oxygen atoms in total. The first-order valence-electron chi connectivity index (χ1n) is 6.11. The lowest BCUT2D eigenvalue weighted by Crippen LogP contribution is -2.36. The van der Waals surface area contributed by atoms with Crippen molar-refractivity contribution >= 4 is 23.2 Å². The van der Waals surface area contributed by atoms with E-state index in [1.54, 1.807) is 0 Å². The highest BCUT2D eigenvalue weighted by Gasteiger charge is 2.21. The molecule has 0 unspecified atom stereocenters. The number of carbonyl (C=O) groups excluding carboxylic acids is 1. The predicted octanol–water partition coefficient (Wildman–Crippen LogP) is 2.58.